The molecule has 0 saturated heterocycles. The van der Waals surface area contributed by atoms with Crippen LogP contribution >= 0.6 is 11.8 Å². The Hall–Kier alpha value is -2.80. The van der Waals surface area contributed by atoms with Gasteiger partial charge in [0.25, 0.3) is 0 Å². The minimum atomic E-state index is -0.0334. The normalized spacial score (nSPS) is 10.7. The Bertz CT molecular complexity index is 954. The summed E-state index contributed by atoms with van der Waals surface area (Å²) >= 11 is 1.41. The number of amides is 1. The van der Waals surface area contributed by atoms with Crippen molar-refractivity contribution < 1.29 is 9.53 Å². The highest BCUT2D eigenvalue weighted by atomic mass is 32.2. The average Bonchev–Trinajstić information content (AvgIpc) is 3.14. The Morgan fingerprint density at radius 3 is 2.66 bits per heavy atom. The molecule has 0 aliphatic carbocycles. The van der Waals surface area contributed by atoms with Crippen molar-refractivity contribution in [2.24, 2.45) is 0 Å². The van der Waals surface area contributed by atoms with E-state index in [9.17, 15) is 4.79 Å². The molecule has 1 heterocycles. The molecular weight excluding hydrogens is 384 g/mol. The summed E-state index contributed by atoms with van der Waals surface area (Å²) < 4.78 is 7.24. The Morgan fingerprint density at radius 2 is 1.97 bits per heavy atom. The fraction of sp³-hybridized carbons (Fsp3) is 0.318. The highest BCUT2D eigenvalue weighted by Gasteiger charge is 2.15. The predicted octanol–water partition coefficient (Wildman–Crippen LogP) is 4.08. The van der Waals surface area contributed by atoms with Crippen LogP contribution in [0.4, 0.5) is 0 Å². The van der Waals surface area contributed by atoms with Gasteiger partial charge in [-0.15, -0.1) is 10.2 Å². The molecule has 2 aromatic carbocycles. The van der Waals surface area contributed by atoms with E-state index in [0.29, 0.717) is 12.3 Å². The van der Waals surface area contributed by atoms with E-state index in [1.807, 2.05) is 36.4 Å². The molecule has 0 aliphatic heterocycles. The fourth-order valence-electron chi connectivity index (χ4n) is 2.94. The van der Waals surface area contributed by atoms with Gasteiger partial charge in [-0.1, -0.05) is 54.6 Å². The van der Waals surface area contributed by atoms with Crippen molar-refractivity contribution in [3.05, 3.63) is 59.7 Å². The number of nitrogens with one attached hydrogen (secondary N) is 1. The minimum Gasteiger partial charge on any atom is -0.497 e. The average molecular weight is 411 g/mol. The molecule has 0 unspecified atom stereocenters. The maximum absolute atomic E-state index is 12.3. The van der Waals surface area contributed by atoms with Gasteiger partial charge in [-0.05, 0) is 37.1 Å². The SMILES string of the molecule is CCCn1c(SCC(=O)NCc2ccc(OC)cc2)nnc1-c1cccc(C)c1. The largest absolute Gasteiger partial charge is 0.497 e. The van der Waals surface area contributed by atoms with Gasteiger partial charge in [0.1, 0.15) is 5.75 Å². The fourth-order valence-corrected chi connectivity index (χ4v) is 3.74. The number of carbonyl (C=O) groups excluding carboxylic acids is 1. The van der Waals surface area contributed by atoms with Crippen molar-refractivity contribution in [3.63, 3.8) is 0 Å². The van der Waals surface area contributed by atoms with Crippen molar-refractivity contribution in [3.8, 4) is 17.1 Å². The first kappa shape index (κ1) is 20.9. The molecule has 0 bridgehead atoms. The van der Waals surface area contributed by atoms with Crippen LogP contribution in [0.15, 0.2) is 53.7 Å². The highest BCUT2D eigenvalue weighted by molar-refractivity contribution is 7.99. The molecule has 29 heavy (non-hydrogen) atoms. The summed E-state index contributed by atoms with van der Waals surface area (Å²) in [4.78, 5) is 12.3. The molecule has 1 N–H and O–H groups in total. The zero-order valence-electron chi connectivity index (χ0n) is 17.0. The van der Waals surface area contributed by atoms with Crippen molar-refractivity contribution in [2.75, 3.05) is 12.9 Å². The second kappa shape index (κ2) is 10.1. The van der Waals surface area contributed by atoms with E-state index in [1.54, 1.807) is 7.11 Å². The summed E-state index contributed by atoms with van der Waals surface area (Å²) in [6.07, 6.45) is 0.966. The number of aromatic nitrogens is 3. The van der Waals surface area contributed by atoms with Crippen LogP contribution in [0, 0.1) is 6.92 Å². The van der Waals surface area contributed by atoms with E-state index in [0.717, 1.165) is 40.8 Å². The summed E-state index contributed by atoms with van der Waals surface area (Å²) in [6.45, 7) is 5.48. The van der Waals surface area contributed by atoms with Gasteiger partial charge in [0.15, 0.2) is 11.0 Å². The molecule has 0 radical (unpaired) electrons. The molecule has 0 spiro atoms. The Labute approximate surface area is 175 Å². The first-order valence-electron chi connectivity index (χ1n) is 9.63. The lowest BCUT2D eigenvalue weighted by atomic mass is 10.1. The molecule has 3 rings (SSSR count). The van der Waals surface area contributed by atoms with Crippen molar-refractivity contribution >= 4 is 17.7 Å². The van der Waals surface area contributed by atoms with Gasteiger partial charge < -0.3 is 14.6 Å². The third-order valence-corrected chi connectivity index (χ3v) is 5.39. The number of benzene rings is 2. The molecule has 152 valence electrons. The number of rotatable bonds is 9. The van der Waals surface area contributed by atoms with Gasteiger partial charge in [0.2, 0.25) is 5.91 Å². The molecule has 6 nitrogen and oxygen atoms in total. The molecule has 3 aromatic rings. The lowest BCUT2D eigenvalue weighted by Crippen LogP contribution is -2.24. The van der Waals surface area contributed by atoms with Gasteiger partial charge in [0.05, 0.1) is 12.9 Å². The van der Waals surface area contributed by atoms with Crippen molar-refractivity contribution in [1.29, 1.82) is 0 Å². The zero-order chi connectivity index (χ0) is 20.6. The van der Waals surface area contributed by atoms with Gasteiger partial charge in [-0.25, -0.2) is 0 Å². The van der Waals surface area contributed by atoms with Gasteiger partial charge in [-0.3, -0.25) is 4.79 Å². The molecule has 0 aliphatic rings. The summed E-state index contributed by atoms with van der Waals surface area (Å²) in [5.41, 5.74) is 3.25. The molecule has 1 amide bonds. The summed E-state index contributed by atoms with van der Waals surface area (Å²) in [7, 11) is 1.63. The molecule has 0 atom stereocenters. The van der Waals surface area contributed by atoms with E-state index in [2.05, 4.69) is 46.1 Å². The first-order chi connectivity index (χ1) is 14.1. The zero-order valence-corrected chi connectivity index (χ0v) is 17.8. The maximum atomic E-state index is 12.3. The van der Waals surface area contributed by atoms with Crippen LogP contribution < -0.4 is 10.1 Å². The van der Waals surface area contributed by atoms with Crippen LogP contribution in [-0.2, 0) is 17.9 Å². The van der Waals surface area contributed by atoms with Crippen LogP contribution in [0.5, 0.6) is 5.75 Å². The van der Waals surface area contributed by atoms with Gasteiger partial charge in [-0.2, -0.15) is 0 Å². The topological polar surface area (TPSA) is 69.0 Å². The van der Waals surface area contributed by atoms with Crippen LogP contribution in [-0.4, -0.2) is 33.5 Å². The molecule has 0 saturated carbocycles. The second-order valence-electron chi connectivity index (χ2n) is 6.74. The third kappa shape index (κ3) is 5.60. The van der Waals surface area contributed by atoms with E-state index in [4.69, 9.17) is 4.74 Å². The van der Waals surface area contributed by atoms with Gasteiger partial charge >= 0.3 is 0 Å². The summed E-state index contributed by atoms with van der Waals surface area (Å²) in [6, 6.07) is 15.9. The molecule has 0 fully saturated rings. The Balaban J connectivity index is 1.61. The number of carbonyl (C=O) groups is 1. The lowest BCUT2D eigenvalue weighted by molar-refractivity contribution is -0.118. The van der Waals surface area contributed by atoms with Crippen LogP contribution in [0.1, 0.15) is 24.5 Å². The number of hydrogen-bond acceptors (Lipinski definition) is 5. The highest BCUT2D eigenvalue weighted by Crippen LogP contribution is 2.25. The first-order valence-corrected chi connectivity index (χ1v) is 10.6. The number of methoxy groups -OCH3 is 1. The van der Waals surface area contributed by atoms with E-state index >= 15 is 0 Å². The van der Waals surface area contributed by atoms with Crippen molar-refractivity contribution in [2.45, 2.75) is 38.5 Å². The van der Waals surface area contributed by atoms with Crippen LogP contribution in [0.3, 0.4) is 0 Å². The number of nitrogens with zero attached hydrogens (tertiary/aromatic N) is 3. The number of thioether (sulfide) groups is 1. The predicted molar refractivity (Wildman–Crippen MR) is 116 cm³/mol. The monoisotopic (exact) mass is 410 g/mol. The second-order valence-corrected chi connectivity index (χ2v) is 7.68. The maximum Gasteiger partial charge on any atom is 0.230 e. The number of ether oxygens (including phenoxy) is 1. The van der Waals surface area contributed by atoms with E-state index in [1.165, 1.54) is 17.3 Å². The third-order valence-electron chi connectivity index (χ3n) is 4.42. The minimum absolute atomic E-state index is 0.0334. The smallest absolute Gasteiger partial charge is 0.230 e. The van der Waals surface area contributed by atoms with E-state index in [-0.39, 0.29) is 5.91 Å². The lowest BCUT2D eigenvalue weighted by Gasteiger charge is -2.10. The summed E-state index contributed by atoms with van der Waals surface area (Å²) in [5.74, 6) is 1.91. The van der Waals surface area contributed by atoms with E-state index < -0.39 is 0 Å². The Kier molecular flexibility index (Phi) is 7.30. The number of aryl methyl sites for hydroxylation is 1. The molecule has 1 aromatic heterocycles. The van der Waals surface area contributed by atoms with Crippen LogP contribution in [0.25, 0.3) is 11.4 Å². The molecule has 7 heteroatoms. The van der Waals surface area contributed by atoms with Gasteiger partial charge in [0, 0.05) is 18.7 Å². The van der Waals surface area contributed by atoms with Crippen molar-refractivity contribution in [1.82, 2.24) is 20.1 Å². The Morgan fingerprint density at radius 1 is 1.17 bits per heavy atom. The number of hydrogen-bond donors (Lipinski definition) is 1. The summed E-state index contributed by atoms with van der Waals surface area (Å²) in [5, 5.41) is 12.4. The molecular formula is C22H26N4O2S. The van der Waals surface area contributed by atoms with Crippen LogP contribution in [0.2, 0.25) is 0 Å². The quantitative estimate of drug-likeness (QED) is 0.538. The standard InChI is InChI=1S/C22H26N4O2S/c1-4-12-26-21(18-7-5-6-16(2)13-18)24-25-22(26)29-15-20(27)23-14-17-8-10-19(28-3)11-9-17/h5-11,13H,4,12,14-15H2,1-3H3,(H,23,27).